The minimum atomic E-state index is -0.485. The molecule has 0 aliphatic rings. The molecule has 3 aromatic heterocycles. The molecule has 2 aromatic carbocycles. The lowest BCUT2D eigenvalue weighted by molar-refractivity contribution is 0.247. The first-order valence-corrected chi connectivity index (χ1v) is 10.9. The van der Waals surface area contributed by atoms with Gasteiger partial charge < -0.3 is 9.67 Å². The van der Waals surface area contributed by atoms with Gasteiger partial charge in [-0.3, -0.25) is 14.9 Å². The number of aliphatic hydroxyl groups is 1. The highest BCUT2D eigenvalue weighted by atomic mass is 35.5. The molecule has 164 valence electrons. The van der Waals surface area contributed by atoms with Gasteiger partial charge in [0.1, 0.15) is 5.69 Å². The SMILES string of the molecule is Cc1cc(-c2n[nH]c3ccc(-c4ccn(C(CO)c5ccc(Cl)cc5)c(=O)c4)cc23)ccn1. The fourth-order valence-corrected chi connectivity index (χ4v) is 4.20. The minimum absolute atomic E-state index is 0.196. The smallest absolute Gasteiger partial charge is 0.251 e. The van der Waals surface area contributed by atoms with Crippen molar-refractivity contribution in [2.75, 3.05) is 6.61 Å². The van der Waals surface area contributed by atoms with Crippen LogP contribution in [0.15, 0.2) is 83.9 Å². The molecule has 6 nitrogen and oxygen atoms in total. The van der Waals surface area contributed by atoms with Crippen molar-refractivity contribution in [1.82, 2.24) is 19.7 Å². The van der Waals surface area contributed by atoms with Crippen LogP contribution in [0.1, 0.15) is 17.3 Å². The highest BCUT2D eigenvalue weighted by Crippen LogP contribution is 2.30. The van der Waals surface area contributed by atoms with Gasteiger partial charge in [0.25, 0.3) is 5.56 Å². The Bertz CT molecular complexity index is 1510. The first-order chi connectivity index (χ1) is 16.0. The van der Waals surface area contributed by atoms with E-state index in [9.17, 15) is 9.90 Å². The van der Waals surface area contributed by atoms with Gasteiger partial charge >= 0.3 is 0 Å². The van der Waals surface area contributed by atoms with Crippen LogP contribution in [0, 0.1) is 6.92 Å². The number of nitrogens with one attached hydrogen (secondary N) is 1. The molecule has 0 bridgehead atoms. The van der Waals surface area contributed by atoms with Gasteiger partial charge in [-0.1, -0.05) is 29.8 Å². The molecule has 0 aliphatic carbocycles. The molecule has 0 saturated heterocycles. The van der Waals surface area contributed by atoms with Gasteiger partial charge in [-0.2, -0.15) is 5.10 Å². The highest BCUT2D eigenvalue weighted by Gasteiger charge is 2.15. The van der Waals surface area contributed by atoms with Crippen molar-refractivity contribution < 1.29 is 5.11 Å². The van der Waals surface area contributed by atoms with Gasteiger partial charge in [0, 0.05) is 40.1 Å². The Kier molecular flexibility index (Phi) is 5.54. The largest absolute Gasteiger partial charge is 0.394 e. The van der Waals surface area contributed by atoms with E-state index in [-0.39, 0.29) is 12.2 Å². The molecule has 1 atom stereocenters. The van der Waals surface area contributed by atoms with Crippen LogP contribution in [0.4, 0.5) is 0 Å². The second-order valence-electron chi connectivity index (χ2n) is 7.93. The van der Waals surface area contributed by atoms with Crippen molar-refractivity contribution >= 4 is 22.5 Å². The molecule has 3 heterocycles. The summed E-state index contributed by atoms with van der Waals surface area (Å²) in [5.41, 5.74) is 5.98. The molecular weight excluding hydrogens is 436 g/mol. The fraction of sp³-hybridized carbons (Fsp3) is 0.115. The van der Waals surface area contributed by atoms with Crippen LogP contribution in [0.3, 0.4) is 0 Å². The van der Waals surface area contributed by atoms with E-state index in [0.29, 0.717) is 5.02 Å². The van der Waals surface area contributed by atoms with Crippen molar-refractivity contribution in [3.63, 3.8) is 0 Å². The van der Waals surface area contributed by atoms with Crippen LogP contribution in [-0.2, 0) is 0 Å². The van der Waals surface area contributed by atoms with Crippen molar-refractivity contribution in [3.05, 3.63) is 106 Å². The molecule has 33 heavy (non-hydrogen) atoms. The van der Waals surface area contributed by atoms with E-state index in [2.05, 4.69) is 15.2 Å². The fourth-order valence-electron chi connectivity index (χ4n) is 4.07. The number of nitrogens with zero attached hydrogens (tertiary/aromatic N) is 3. The van der Waals surface area contributed by atoms with E-state index in [1.165, 1.54) is 4.57 Å². The van der Waals surface area contributed by atoms with Crippen LogP contribution >= 0.6 is 11.6 Å². The number of benzene rings is 2. The lowest BCUT2D eigenvalue weighted by Gasteiger charge is -2.18. The third-order valence-corrected chi connectivity index (χ3v) is 6.03. The molecule has 0 spiro atoms. The number of hydrogen-bond donors (Lipinski definition) is 2. The molecule has 5 rings (SSSR count). The van der Waals surface area contributed by atoms with E-state index in [4.69, 9.17) is 11.6 Å². The van der Waals surface area contributed by atoms with Crippen LogP contribution < -0.4 is 5.56 Å². The lowest BCUT2D eigenvalue weighted by atomic mass is 10.0. The van der Waals surface area contributed by atoms with E-state index in [1.54, 1.807) is 30.6 Å². The summed E-state index contributed by atoms with van der Waals surface area (Å²) in [5, 5.41) is 19.1. The number of pyridine rings is 2. The van der Waals surface area contributed by atoms with Crippen molar-refractivity contribution in [2.24, 2.45) is 0 Å². The Hall–Kier alpha value is -3.74. The average Bonchev–Trinajstić information content (AvgIpc) is 3.25. The van der Waals surface area contributed by atoms with Crippen molar-refractivity contribution in [3.8, 4) is 22.4 Å². The Labute approximate surface area is 195 Å². The maximum Gasteiger partial charge on any atom is 0.251 e. The minimum Gasteiger partial charge on any atom is -0.394 e. The average molecular weight is 457 g/mol. The zero-order valence-electron chi connectivity index (χ0n) is 17.9. The Morgan fingerprint density at radius 3 is 2.52 bits per heavy atom. The Morgan fingerprint density at radius 2 is 1.79 bits per heavy atom. The second kappa shape index (κ2) is 8.65. The number of fused-ring (bicyclic) bond motifs is 1. The number of aromatic amines is 1. The topological polar surface area (TPSA) is 83.8 Å². The molecule has 0 fully saturated rings. The molecule has 5 aromatic rings. The molecule has 0 saturated carbocycles. The Balaban J connectivity index is 1.54. The monoisotopic (exact) mass is 456 g/mol. The molecule has 0 amide bonds. The van der Waals surface area contributed by atoms with Gasteiger partial charge in [-0.05, 0) is 66.1 Å². The summed E-state index contributed by atoms with van der Waals surface area (Å²) in [6.07, 6.45) is 3.49. The lowest BCUT2D eigenvalue weighted by Crippen LogP contribution is -2.26. The van der Waals surface area contributed by atoms with Gasteiger partial charge in [-0.25, -0.2) is 0 Å². The summed E-state index contributed by atoms with van der Waals surface area (Å²) in [7, 11) is 0. The molecule has 1 unspecified atom stereocenters. The predicted molar refractivity (Wildman–Crippen MR) is 130 cm³/mol. The number of aliphatic hydroxyl groups excluding tert-OH is 1. The molecule has 2 N–H and O–H groups in total. The van der Waals surface area contributed by atoms with Crippen LogP contribution in [0.25, 0.3) is 33.3 Å². The predicted octanol–water partition coefficient (Wildman–Crippen LogP) is 5.00. The number of aromatic nitrogens is 4. The quantitative estimate of drug-likeness (QED) is 0.390. The van der Waals surface area contributed by atoms with Gasteiger partial charge in [-0.15, -0.1) is 0 Å². The van der Waals surface area contributed by atoms with E-state index < -0.39 is 6.04 Å². The van der Waals surface area contributed by atoms with Crippen molar-refractivity contribution in [1.29, 1.82) is 0 Å². The van der Waals surface area contributed by atoms with Gasteiger partial charge in [0.15, 0.2) is 0 Å². The maximum absolute atomic E-state index is 13.0. The van der Waals surface area contributed by atoms with Crippen molar-refractivity contribution in [2.45, 2.75) is 13.0 Å². The Morgan fingerprint density at radius 1 is 1.00 bits per heavy atom. The maximum atomic E-state index is 13.0. The van der Waals surface area contributed by atoms with E-state index in [1.807, 2.05) is 55.5 Å². The highest BCUT2D eigenvalue weighted by molar-refractivity contribution is 6.30. The molecular formula is C26H21ClN4O2. The number of halogens is 1. The number of aryl methyl sites for hydroxylation is 1. The van der Waals surface area contributed by atoms with Crippen LogP contribution in [0.2, 0.25) is 5.02 Å². The third kappa shape index (κ3) is 4.06. The summed E-state index contributed by atoms with van der Waals surface area (Å²) < 4.78 is 1.54. The molecule has 0 aliphatic heterocycles. The van der Waals surface area contributed by atoms with Crippen LogP contribution in [0.5, 0.6) is 0 Å². The molecule has 7 heteroatoms. The zero-order chi connectivity index (χ0) is 22.9. The number of hydrogen-bond acceptors (Lipinski definition) is 4. The number of H-pyrrole nitrogens is 1. The normalized spacial score (nSPS) is 12.2. The van der Waals surface area contributed by atoms with Crippen LogP contribution in [-0.4, -0.2) is 31.5 Å². The number of rotatable bonds is 5. The summed E-state index contributed by atoms with van der Waals surface area (Å²) >= 11 is 5.98. The first kappa shape index (κ1) is 21.1. The standard InChI is InChI=1S/C26H21ClN4O2/c1-16-12-20(8-10-28-16)26-22-13-18(4-7-23(22)29-30-26)19-9-11-31(25(33)14-19)24(15-32)17-2-5-21(27)6-3-17/h2-14,24,32H,15H2,1H3,(H,29,30). The summed E-state index contributed by atoms with van der Waals surface area (Å²) in [4.78, 5) is 17.3. The van der Waals surface area contributed by atoms with Gasteiger partial charge in [0.05, 0.1) is 18.2 Å². The third-order valence-electron chi connectivity index (χ3n) is 5.78. The zero-order valence-corrected chi connectivity index (χ0v) is 18.6. The molecule has 0 radical (unpaired) electrons. The summed E-state index contributed by atoms with van der Waals surface area (Å²) in [6.45, 7) is 1.75. The summed E-state index contributed by atoms with van der Waals surface area (Å²) in [6, 6.07) is 20.0. The van der Waals surface area contributed by atoms with E-state index >= 15 is 0 Å². The second-order valence-corrected chi connectivity index (χ2v) is 8.37. The first-order valence-electron chi connectivity index (χ1n) is 10.5. The van der Waals surface area contributed by atoms with Gasteiger partial charge in [0.2, 0.25) is 0 Å². The van der Waals surface area contributed by atoms with E-state index in [0.717, 1.165) is 44.5 Å². The summed E-state index contributed by atoms with van der Waals surface area (Å²) in [5.74, 6) is 0.